The summed E-state index contributed by atoms with van der Waals surface area (Å²) in [6, 6.07) is 9.83. The van der Waals surface area contributed by atoms with Crippen molar-refractivity contribution in [3.63, 3.8) is 0 Å². The summed E-state index contributed by atoms with van der Waals surface area (Å²) in [5.74, 6) is 0. The van der Waals surface area contributed by atoms with Crippen LogP contribution in [0, 0.1) is 0 Å². The molecule has 0 unspecified atom stereocenters. The van der Waals surface area contributed by atoms with Crippen molar-refractivity contribution >= 4 is 13.3 Å². The summed E-state index contributed by atoms with van der Waals surface area (Å²) in [4.78, 5) is 0. The molecule has 3 rings (SSSR count). The van der Waals surface area contributed by atoms with Crippen molar-refractivity contribution in [2.75, 3.05) is 31.5 Å². The van der Waals surface area contributed by atoms with Crippen molar-refractivity contribution in [3.05, 3.63) is 30.3 Å². The maximum absolute atomic E-state index is 5.76. The zero-order valence-corrected chi connectivity index (χ0v) is 9.78. The van der Waals surface area contributed by atoms with Crippen LogP contribution in [-0.2, 0) is 13.6 Å². The Labute approximate surface area is 94.4 Å². The van der Waals surface area contributed by atoms with Crippen molar-refractivity contribution in [3.8, 4) is 0 Å². The van der Waals surface area contributed by atoms with Gasteiger partial charge in [0.1, 0.15) is 0 Å². The van der Waals surface area contributed by atoms with Crippen molar-refractivity contribution in [1.82, 2.24) is 5.09 Å². The SMILES string of the molecule is c1ccc(NP23(NCCO2)OCCO3)cc1. The molecule has 2 aliphatic rings. The average molecular weight is 242 g/mol. The van der Waals surface area contributed by atoms with E-state index >= 15 is 0 Å². The molecule has 2 fully saturated rings. The Morgan fingerprint density at radius 3 is 2.31 bits per heavy atom. The van der Waals surface area contributed by atoms with Gasteiger partial charge in [-0.3, -0.25) is 0 Å². The predicted octanol–water partition coefficient (Wildman–Crippen LogP) is 1.89. The minimum atomic E-state index is -3.23. The Hall–Kier alpha value is -0.710. The van der Waals surface area contributed by atoms with Crippen LogP contribution in [0.15, 0.2) is 30.3 Å². The van der Waals surface area contributed by atoms with Crippen LogP contribution in [0.2, 0.25) is 0 Å². The summed E-state index contributed by atoms with van der Waals surface area (Å²) < 4.78 is 17.3. The molecule has 0 radical (unpaired) electrons. The van der Waals surface area contributed by atoms with Gasteiger partial charge in [-0.2, -0.15) is 0 Å². The Balaban J connectivity index is 1.90. The van der Waals surface area contributed by atoms with Gasteiger partial charge < -0.3 is 0 Å². The van der Waals surface area contributed by atoms with Gasteiger partial charge in [0.05, 0.1) is 0 Å². The van der Waals surface area contributed by atoms with Crippen LogP contribution in [-0.4, -0.2) is 26.4 Å². The van der Waals surface area contributed by atoms with Gasteiger partial charge in [-0.05, 0) is 0 Å². The first-order chi connectivity index (χ1) is 7.81. The first-order valence-electron chi connectivity index (χ1n) is 5.38. The zero-order valence-electron chi connectivity index (χ0n) is 8.89. The van der Waals surface area contributed by atoms with Crippen molar-refractivity contribution in [2.45, 2.75) is 0 Å². The van der Waals surface area contributed by atoms with Gasteiger partial charge >= 0.3 is 93.7 Å². The molecule has 0 atom stereocenters. The van der Waals surface area contributed by atoms with E-state index in [0.29, 0.717) is 19.8 Å². The Morgan fingerprint density at radius 2 is 1.69 bits per heavy atom. The van der Waals surface area contributed by atoms with Crippen LogP contribution < -0.4 is 10.2 Å². The third-order valence-corrected chi connectivity index (χ3v) is 6.01. The van der Waals surface area contributed by atoms with E-state index < -0.39 is 7.59 Å². The van der Waals surface area contributed by atoms with Crippen LogP contribution in [0.25, 0.3) is 0 Å². The predicted molar refractivity (Wildman–Crippen MR) is 62.8 cm³/mol. The fourth-order valence-corrected chi connectivity index (χ4v) is 5.05. The van der Waals surface area contributed by atoms with E-state index in [1.165, 1.54) is 0 Å². The van der Waals surface area contributed by atoms with Crippen LogP contribution in [0.5, 0.6) is 0 Å². The van der Waals surface area contributed by atoms with E-state index in [1.807, 2.05) is 30.3 Å². The van der Waals surface area contributed by atoms with Gasteiger partial charge in [0, 0.05) is 0 Å². The van der Waals surface area contributed by atoms with E-state index in [2.05, 4.69) is 10.2 Å². The molecular weight excluding hydrogens is 227 g/mol. The fraction of sp³-hybridized carbons (Fsp3) is 0.400. The summed E-state index contributed by atoms with van der Waals surface area (Å²) in [7, 11) is -3.23. The maximum atomic E-state index is 5.76. The number of rotatable bonds is 2. The number of anilines is 1. The summed E-state index contributed by atoms with van der Waals surface area (Å²) in [6.07, 6.45) is 0. The minimum absolute atomic E-state index is 0.560. The van der Waals surface area contributed by atoms with Crippen LogP contribution >= 0.6 is 7.59 Å². The Bertz CT molecular complexity index is 351. The van der Waals surface area contributed by atoms with E-state index in [1.54, 1.807) is 0 Å². The summed E-state index contributed by atoms with van der Waals surface area (Å²) in [6.45, 7) is 2.48. The standard InChI is InChI=1S/C10H15N2O3P/c1-2-4-10(5-3-1)12-16(11-6-7-13-16)14-8-9-15-16/h1-5,11-12H,6-9H2. The molecule has 2 aliphatic heterocycles. The van der Waals surface area contributed by atoms with E-state index in [9.17, 15) is 0 Å². The number of hydrogen-bond donors (Lipinski definition) is 2. The molecule has 88 valence electrons. The van der Waals surface area contributed by atoms with Gasteiger partial charge in [-0.25, -0.2) is 0 Å². The molecule has 0 saturated carbocycles. The molecular formula is C10H15N2O3P. The first kappa shape index (κ1) is 10.4. The Morgan fingerprint density at radius 1 is 1.00 bits per heavy atom. The third kappa shape index (κ3) is 1.61. The molecule has 6 heteroatoms. The molecule has 1 aromatic carbocycles. The van der Waals surface area contributed by atoms with Crippen molar-refractivity contribution < 1.29 is 13.6 Å². The van der Waals surface area contributed by atoms with Crippen LogP contribution in [0.3, 0.4) is 0 Å². The quantitative estimate of drug-likeness (QED) is 0.776. The normalized spacial score (nSPS) is 28.6. The molecule has 1 aromatic rings. The topological polar surface area (TPSA) is 51.8 Å². The van der Waals surface area contributed by atoms with E-state index in [0.717, 1.165) is 12.2 Å². The third-order valence-electron chi connectivity index (χ3n) is 2.64. The number of para-hydroxylation sites is 1. The van der Waals surface area contributed by atoms with Gasteiger partial charge in [0.25, 0.3) is 0 Å². The first-order valence-corrected chi connectivity index (χ1v) is 7.37. The number of hydrogen-bond acceptors (Lipinski definition) is 5. The summed E-state index contributed by atoms with van der Waals surface area (Å²) in [5.41, 5.74) is 0.941. The molecule has 0 aromatic heterocycles. The second-order valence-corrected chi connectivity index (χ2v) is 6.85. The second kappa shape index (κ2) is 3.65. The molecule has 0 aliphatic carbocycles. The summed E-state index contributed by atoms with van der Waals surface area (Å²) in [5, 5.41) is 6.53. The summed E-state index contributed by atoms with van der Waals surface area (Å²) >= 11 is 0. The molecule has 5 nitrogen and oxygen atoms in total. The number of nitrogens with one attached hydrogen (secondary N) is 2. The van der Waals surface area contributed by atoms with Gasteiger partial charge in [-0.1, -0.05) is 0 Å². The monoisotopic (exact) mass is 242 g/mol. The molecule has 2 saturated heterocycles. The molecule has 0 amide bonds. The van der Waals surface area contributed by atoms with E-state index in [-0.39, 0.29) is 0 Å². The van der Waals surface area contributed by atoms with Crippen LogP contribution in [0.4, 0.5) is 5.69 Å². The molecule has 1 spiro atoms. The zero-order chi connectivity index (χ0) is 10.9. The van der Waals surface area contributed by atoms with Crippen molar-refractivity contribution in [1.29, 1.82) is 0 Å². The van der Waals surface area contributed by atoms with Crippen LogP contribution in [0.1, 0.15) is 0 Å². The molecule has 2 heterocycles. The average Bonchev–Trinajstić information content (AvgIpc) is 2.91. The molecule has 0 bridgehead atoms. The Kier molecular flexibility index (Phi) is 2.38. The van der Waals surface area contributed by atoms with Gasteiger partial charge in [-0.15, -0.1) is 0 Å². The molecule has 2 N–H and O–H groups in total. The fourth-order valence-electron chi connectivity index (χ4n) is 1.98. The molecule has 16 heavy (non-hydrogen) atoms. The van der Waals surface area contributed by atoms with E-state index in [4.69, 9.17) is 13.6 Å². The van der Waals surface area contributed by atoms with Gasteiger partial charge in [0.15, 0.2) is 0 Å². The van der Waals surface area contributed by atoms with Crippen molar-refractivity contribution in [2.24, 2.45) is 0 Å². The van der Waals surface area contributed by atoms with Gasteiger partial charge in [0.2, 0.25) is 0 Å². The number of benzene rings is 1. The second-order valence-electron chi connectivity index (χ2n) is 3.77.